The molecule has 0 atom stereocenters. The molecule has 0 unspecified atom stereocenters. The van der Waals surface area contributed by atoms with Crippen molar-refractivity contribution in [3.63, 3.8) is 0 Å². The smallest absolute Gasteiger partial charge is 0.0976 e. The molecule has 0 fully saturated rings. The van der Waals surface area contributed by atoms with Crippen molar-refractivity contribution in [2.24, 2.45) is 0 Å². The van der Waals surface area contributed by atoms with E-state index in [2.05, 4.69) is 32.2 Å². The van der Waals surface area contributed by atoms with E-state index in [1.165, 1.54) is 10.6 Å². The van der Waals surface area contributed by atoms with Crippen LogP contribution in [0.15, 0.2) is 24.3 Å². The molecule has 0 saturated carbocycles. The maximum Gasteiger partial charge on any atom is 0.0976 e. The number of hydrogen-bond acceptors (Lipinski definition) is 3. The van der Waals surface area contributed by atoms with E-state index in [-0.39, 0.29) is 0 Å². The minimum atomic E-state index is 0.458. The molecule has 2 aromatic rings. The molecular weight excluding hydrogens is 300 g/mol. The summed E-state index contributed by atoms with van der Waals surface area (Å²) in [5.74, 6) is 0.458. The predicted molar refractivity (Wildman–Crippen MR) is 92.5 cm³/mol. The molecule has 21 heavy (non-hydrogen) atoms. The first-order valence-electron chi connectivity index (χ1n) is 7.54. The van der Waals surface area contributed by atoms with Crippen LogP contribution < -0.4 is 5.32 Å². The molecule has 0 amide bonds. The number of nitrogens with one attached hydrogen (secondary N) is 1. The van der Waals surface area contributed by atoms with Crippen molar-refractivity contribution in [2.45, 2.75) is 46.1 Å². The monoisotopic (exact) mass is 322 g/mol. The van der Waals surface area contributed by atoms with Gasteiger partial charge >= 0.3 is 0 Å². The molecule has 0 radical (unpaired) electrons. The molecule has 2 rings (SSSR count). The first kappa shape index (κ1) is 16.5. The summed E-state index contributed by atoms with van der Waals surface area (Å²) in [5.41, 5.74) is 2.38. The number of rotatable bonds is 7. The van der Waals surface area contributed by atoms with Crippen LogP contribution in [-0.2, 0) is 13.0 Å². The molecular formula is C17H23ClN2S. The van der Waals surface area contributed by atoms with Crippen LogP contribution in [-0.4, -0.2) is 11.5 Å². The Labute approximate surface area is 136 Å². The molecule has 0 aliphatic heterocycles. The van der Waals surface area contributed by atoms with E-state index >= 15 is 0 Å². The fraction of sp³-hybridized carbons (Fsp3) is 0.471. The van der Waals surface area contributed by atoms with Gasteiger partial charge in [-0.1, -0.05) is 50.6 Å². The van der Waals surface area contributed by atoms with E-state index in [0.717, 1.165) is 41.5 Å². The van der Waals surface area contributed by atoms with Gasteiger partial charge in [0.1, 0.15) is 0 Å². The maximum absolute atomic E-state index is 6.25. The molecule has 2 nitrogen and oxygen atoms in total. The molecule has 0 aliphatic carbocycles. The summed E-state index contributed by atoms with van der Waals surface area (Å²) in [6.07, 6.45) is 1.97. The zero-order valence-electron chi connectivity index (χ0n) is 12.9. The summed E-state index contributed by atoms with van der Waals surface area (Å²) in [6.45, 7) is 8.57. The van der Waals surface area contributed by atoms with Crippen LogP contribution in [0.3, 0.4) is 0 Å². The first-order valence-corrected chi connectivity index (χ1v) is 8.73. The van der Waals surface area contributed by atoms with Crippen LogP contribution in [0.5, 0.6) is 0 Å². The number of benzene rings is 1. The van der Waals surface area contributed by atoms with Crippen LogP contribution >= 0.6 is 22.9 Å². The third-order valence-corrected chi connectivity index (χ3v) is 4.77. The highest BCUT2D eigenvalue weighted by Gasteiger charge is 2.14. The highest BCUT2D eigenvalue weighted by Crippen LogP contribution is 2.28. The molecule has 4 heteroatoms. The Hall–Kier alpha value is -0.900. The Morgan fingerprint density at radius 1 is 1.29 bits per heavy atom. The van der Waals surface area contributed by atoms with Gasteiger partial charge < -0.3 is 5.32 Å². The van der Waals surface area contributed by atoms with E-state index in [9.17, 15) is 0 Å². The van der Waals surface area contributed by atoms with Gasteiger partial charge in [0.15, 0.2) is 0 Å². The van der Waals surface area contributed by atoms with Crippen molar-refractivity contribution in [3.05, 3.63) is 50.4 Å². The molecule has 0 spiro atoms. The topological polar surface area (TPSA) is 24.9 Å². The van der Waals surface area contributed by atoms with Gasteiger partial charge in [0.05, 0.1) is 10.7 Å². The Bertz CT molecular complexity index is 578. The first-order chi connectivity index (χ1) is 10.1. The van der Waals surface area contributed by atoms with Crippen LogP contribution in [0.2, 0.25) is 5.02 Å². The van der Waals surface area contributed by atoms with Gasteiger partial charge in [0.25, 0.3) is 0 Å². The summed E-state index contributed by atoms with van der Waals surface area (Å²) in [5, 5.41) is 5.46. The molecule has 1 heterocycles. The van der Waals surface area contributed by atoms with Gasteiger partial charge in [-0.3, -0.25) is 0 Å². The standard InChI is InChI=1S/C17H23ClN2S/c1-4-9-19-11-15-17(12(2)3)20-16(21-15)10-13-7-5-6-8-14(13)18/h5-8,12,19H,4,9-11H2,1-3H3. The second-order valence-corrected chi connectivity index (χ2v) is 7.09. The zero-order valence-corrected chi connectivity index (χ0v) is 14.5. The van der Waals surface area contributed by atoms with E-state index < -0.39 is 0 Å². The lowest BCUT2D eigenvalue weighted by Crippen LogP contribution is -2.14. The average Bonchev–Trinajstić information content (AvgIpc) is 2.85. The number of hydrogen-bond donors (Lipinski definition) is 1. The number of nitrogens with zero attached hydrogens (tertiary/aromatic N) is 1. The molecule has 0 aliphatic rings. The summed E-state index contributed by atoms with van der Waals surface area (Å²) >= 11 is 8.06. The second-order valence-electron chi connectivity index (χ2n) is 5.52. The number of aromatic nitrogens is 1. The fourth-order valence-corrected chi connectivity index (χ4v) is 3.67. The Balaban J connectivity index is 2.17. The highest BCUT2D eigenvalue weighted by atomic mass is 35.5. The van der Waals surface area contributed by atoms with Crippen LogP contribution in [0.25, 0.3) is 0 Å². The van der Waals surface area contributed by atoms with Crippen molar-refractivity contribution in [3.8, 4) is 0 Å². The quantitative estimate of drug-likeness (QED) is 0.725. The lowest BCUT2D eigenvalue weighted by atomic mass is 10.1. The Morgan fingerprint density at radius 3 is 2.71 bits per heavy atom. The van der Waals surface area contributed by atoms with Crippen LogP contribution in [0.4, 0.5) is 0 Å². The van der Waals surface area contributed by atoms with Crippen molar-refractivity contribution < 1.29 is 0 Å². The van der Waals surface area contributed by atoms with Crippen molar-refractivity contribution in [2.75, 3.05) is 6.54 Å². The SMILES string of the molecule is CCCNCc1sc(Cc2ccccc2Cl)nc1C(C)C. The highest BCUT2D eigenvalue weighted by molar-refractivity contribution is 7.11. The van der Waals surface area contributed by atoms with Crippen LogP contribution in [0.1, 0.15) is 54.3 Å². The van der Waals surface area contributed by atoms with Crippen molar-refractivity contribution >= 4 is 22.9 Å². The summed E-state index contributed by atoms with van der Waals surface area (Å²) in [6, 6.07) is 8.01. The molecule has 1 aromatic carbocycles. The van der Waals surface area contributed by atoms with E-state index in [1.807, 2.05) is 29.5 Å². The Morgan fingerprint density at radius 2 is 2.05 bits per heavy atom. The summed E-state index contributed by atoms with van der Waals surface area (Å²) in [7, 11) is 0. The third-order valence-electron chi connectivity index (χ3n) is 3.33. The molecule has 1 aromatic heterocycles. The van der Waals surface area contributed by atoms with Gasteiger partial charge in [-0.05, 0) is 30.5 Å². The van der Waals surface area contributed by atoms with E-state index in [1.54, 1.807) is 0 Å². The van der Waals surface area contributed by atoms with Gasteiger partial charge in [-0.15, -0.1) is 11.3 Å². The van der Waals surface area contributed by atoms with Gasteiger partial charge in [0, 0.05) is 22.9 Å². The molecule has 0 bridgehead atoms. The molecule has 0 saturated heterocycles. The lowest BCUT2D eigenvalue weighted by molar-refractivity contribution is 0.670. The van der Waals surface area contributed by atoms with E-state index in [0.29, 0.717) is 5.92 Å². The lowest BCUT2D eigenvalue weighted by Gasteiger charge is -2.05. The fourth-order valence-electron chi connectivity index (χ4n) is 2.25. The summed E-state index contributed by atoms with van der Waals surface area (Å²) in [4.78, 5) is 6.21. The third kappa shape index (κ3) is 4.53. The Kier molecular flexibility index (Phi) is 6.22. The summed E-state index contributed by atoms with van der Waals surface area (Å²) < 4.78 is 0. The maximum atomic E-state index is 6.25. The second kappa shape index (κ2) is 7.92. The van der Waals surface area contributed by atoms with E-state index in [4.69, 9.17) is 16.6 Å². The minimum absolute atomic E-state index is 0.458. The van der Waals surface area contributed by atoms with Crippen LogP contribution in [0, 0.1) is 0 Å². The van der Waals surface area contributed by atoms with Crippen molar-refractivity contribution in [1.82, 2.24) is 10.3 Å². The minimum Gasteiger partial charge on any atom is -0.312 e. The molecule has 1 N–H and O–H groups in total. The average molecular weight is 323 g/mol. The van der Waals surface area contributed by atoms with Gasteiger partial charge in [-0.25, -0.2) is 4.98 Å². The predicted octanol–water partition coefficient (Wildman–Crippen LogP) is 5.01. The van der Waals surface area contributed by atoms with Gasteiger partial charge in [0.2, 0.25) is 0 Å². The molecule has 114 valence electrons. The zero-order chi connectivity index (χ0) is 15.2. The largest absolute Gasteiger partial charge is 0.312 e. The number of halogens is 1. The van der Waals surface area contributed by atoms with Crippen molar-refractivity contribution in [1.29, 1.82) is 0 Å². The van der Waals surface area contributed by atoms with Gasteiger partial charge in [-0.2, -0.15) is 0 Å². The normalized spacial score (nSPS) is 11.3. The number of thiazole rings is 1.